The van der Waals surface area contributed by atoms with Gasteiger partial charge in [0.25, 0.3) is 15.9 Å². The highest BCUT2D eigenvalue weighted by atomic mass is 32.2. The number of nitrogens with one attached hydrogen (secondary N) is 1. The second-order valence-electron chi connectivity index (χ2n) is 5.85. The molecule has 1 aliphatic rings. The molecule has 132 valence electrons. The number of carbonyl (C=O) groups is 1. The van der Waals surface area contributed by atoms with Crippen LogP contribution >= 0.6 is 0 Å². The van der Waals surface area contributed by atoms with Gasteiger partial charge in [-0.15, -0.1) is 0 Å². The molecule has 1 heterocycles. The van der Waals surface area contributed by atoms with Crippen molar-refractivity contribution in [1.29, 1.82) is 0 Å². The van der Waals surface area contributed by atoms with Gasteiger partial charge >= 0.3 is 0 Å². The standard InChI is InChI=1S/C18H20N2O4S/c1-14-5-2-3-8-17(14)19-25(22,23)16-7-4-6-15(13-16)18(21)20-9-11-24-12-10-20/h2-8,13,19H,9-12H2,1H3. The Hall–Kier alpha value is -2.38. The molecule has 1 aliphatic heterocycles. The molecule has 3 rings (SSSR count). The number of rotatable bonds is 4. The molecule has 25 heavy (non-hydrogen) atoms. The van der Waals surface area contributed by atoms with E-state index in [2.05, 4.69) is 4.72 Å². The highest BCUT2D eigenvalue weighted by Crippen LogP contribution is 2.20. The molecule has 1 fully saturated rings. The van der Waals surface area contributed by atoms with Crippen molar-refractivity contribution in [1.82, 2.24) is 4.90 Å². The minimum atomic E-state index is -3.77. The molecule has 1 amide bonds. The molecule has 0 saturated carbocycles. The molecule has 0 radical (unpaired) electrons. The van der Waals surface area contributed by atoms with Gasteiger partial charge in [0.2, 0.25) is 0 Å². The van der Waals surface area contributed by atoms with Gasteiger partial charge < -0.3 is 9.64 Å². The minimum Gasteiger partial charge on any atom is -0.378 e. The Kier molecular flexibility index (Phi) is 5.06. The molecule has 6 nitrogen and oxygen atoms in total. The van der Waals surface area contributed by atoms with Gasteiger partial charge in [-0.25, -0.2) is 8.42 Å². The van der Waals surface area contributed by atoms with Gasteiger partial charge in [-0.05, 0) is 36.8 Å². The zero-order chi connectivity index (χ0) is 17.9. The summed E-state index contributed by atoms with van der Waals surface area (Å²) in [6, 6.07) is 13.3. The van der Waals surface area contributed by atoms with E-state index in [1.54, 1.807) is 29.2 Å². The normalized spacial score (nSPS) is 15.0. The molecule has 0 bridgehead atoms. The minimum absolute atomic E-state index is 0.0647. The second kappa shape index (κ2) is 7.25. The van der Waals surface area contributed by atoms with Gasteiger partial charge in [-0.3, -0.25) is 9.52 Å². The molecular weight excluding hydrogens is 340 g/mol. The first kappa shape index (κ1) is 17.4. The smallest absolute Gasteiger partial charge is 0.261 e. The zero-order valence-corrected chi connectivity index (χ0v) is 14.8. The van der Waals surface area contributed by atoms with Crippen LogP contribution in [0.25, 0.3) is 0 Å². The summed E-state index contributed by atoms with van der Waals surface area (Å²) in [6.07, 6.45) is 0. The van der Waals surface area contributed by atoms with Crippen LogP contribution in [0, 0.1) is 6.92 Å². The van der Waals surface area contributed by atoms with E-state index >= 15 is 0 Å². The van der Waals surface area contributed by atoms with Crippen LogP contribution in [-0.2, 0) is 14.8 Å². The summed E-state index contributed by atoms with van der Waals surface area (Å²) in [6.45, 7) is 3.85. The fourth-order valence-corrected chi connectivity index (χ4v) is 3.81. The summed E-state index contributed by atoms with van der Waals surface area (Å²) in [5, 5.41) is 0. The summed E-state index contributed by atoms with van der Waals surface area (Å²) in [5.74, 6) is -0.184. The van der Waals surface area contributed by atoms with Crippen molar-refractivity contribution in [3.8, 4) is 0 Å². The van der Waals surface area contributed by atoms with Crippen LogP contribution in [0.3, 0.4) is 0 Å². The lowest BCUT2D eigenvalue weighted by atomic mass is 10.2. The molecule has 0 unspecified atom stereocenters. The number of hydrogen-bond acceptors (Lipinski definition) is 4. The first-order valence-corrected chi connectivity index (χ1v) is 9.51. The van der Waals surface area contributed by atoms with E-state index in [9.17, 15) is 13.2 Å². The van der Waals surface area contributed by atoms with Crippen LogP contribution in [-0.4, -0.2) is 45.5 Å². The molecule has 0 aromatic heterocycles. The maximum Gasteiger partial charge on any atom is 0.261 e. The Morgan fingerprint density at radius 1 is 1.08 bits per heavy atom. The van der Waals surface area contributed by atoms with Crippen LogP contribution in [0.15, 0.2) is 53.4 Å². The number of ether oxygens (including phenoxy) is 1. The maximum absolute atomic E-state index is 12.6. The Balaban J connectivity index is 1.85. The van der Waals surface area contributed by atoms with E-state index < -0.39 is 10.0 Å². The Morgan fingerprint density at radius 2 is 1.80 bits per heavy atom. The molecule has 2 aromatic carbocycles. The third-order valence-electron chi connectivity index (χ3n) is 4.08. The largest absolute Gasteiger partial charge is 0.378 e. The van der Waals surface area contributed by atoms with Crippen molar-refractivity contribution in [3.63, 3.8) is 0 Å². The van der Waals surface area contributed by atoms with E-state index in [4.69, 9.17) is 4.74 Å². The first-order chi connectivity index (χ1) is 12.0. The van der Waals surface area contributed by atoms with E-state index in [-0.39, 0.29) is 10.8 Å². The number of aryl methyl sites for hydroxylation is 1. The molecule has 0 aliphatic carbocycles. The summed E-state index contributed by atoms with van der Waals surface area (Å²) in [7, 11) is -3.77. The van der Waals surface area contributed by atoms with Crippen molar-refractivity contribution < 1.29 is 17.9 Å². The molecule has 0 spiro atoms. The number of nitrogens with zero attached hydrogens (tertiary/aromatic N) is 1. The van der Waals surface area contributed by atoms with Gasteiger partial charge in [0, 0.05) is 18.7 Å². The van der Waals surface area contributed by atoms with Crippen molar-refractivity contribution >= 4 is 21.6 Å². The van der Waals surface area contributed by atoms with Crippen molar-refractivity contribution in [2.75, 3.05) is 31.0 Å². The van der Waals surface area contributed by atoms with Gasteiger partial charge in [-0.2, -0.15) is 0 Å². The van der Waals surface area contributed by atoms with Gasteiger partial charge in [0.15, 0.2) is 0 Å². The van der Waals surface area contributed by atoms with Gasteiger partial charge in [0.1, 0.15) is 0 Å². The van der Waals surface area contributed by atoms with Crippen LogP contribution in [0.5, 0.6) is 0 Å². The molecular formula is C18H20N2O4S. The monoisotopic (exact) mass is 360 g/mol. The molecule has 1 saturated heterocycles. The molecule has 0 atom stereocenters. The summed E-state index contributed by atoms with van der Waals surface area (Å²) in [4.78, 5) is 14.3. The highest BCUT2D eigenvalue weighted by molar-refractivity contribution is 7.92. The summed E-state index contributed by atoms with van der Waals surface area (Å²) in [5.41, 5.74) is 1.70. The van der Waals surface area contributed by atoms with Crippen LogP contribution in [0.2, 0.25) is 0 Å². The summed E-state index contributed by atoms with van der Waals surface area (Å²) >= 11 is 0. The van der Waals surface area contributed by atoms with Crippen LogP contribution in [0.4, 0.5) is 5.69 Å². The number of para-hydroxylation sites is 1. The molecule has 1 N–H and O–H groups in total. The Labute approximate surface area is 147 Å². The fraction of sp³-hybridized carbons (Fsp3) is 0.278. The number of benzene rings is 2. The third-order valence-corrected chi connectivity index (χ3v) is 5.44. The Bertz CT molecular complexity index is 874. The van der Waals surface area contributed by atoms with Crippen LogP contribution < -0.4 is 4.72 Å². The maximum atomic E-state index is 12.6. The predicted molar refractivity (Wildman–Crippen MR) is 95.2 cm³/mol. The quantitative estimate of drug-likeness (QED) is 0.907. The number of morpholine rings is 1. The average molecular weight is 360 g/mol. The number of anilines is 1. The lowest BCUT2D eigenvalue weighted by molar-refractivity contribution is 0.0302. The van der Waals surface area contributed by atoms with E-state index in [0.717, 1.165) is 5.56 Å². The van der Waals surface area contributed by atoms with E-state index in [1.807, 2.05) is 19.1 Å². The lowest BCUT2D eigenvalue weighted by Crippen LogP contribution is -2.40. The average Bonchev–Trinajstić information content (AvgIpc) is 2.64. The second-order valence-corrected chi connectivity index (χ2v) is 7.54. The van der Waals surface area contributed by atoms with Gasteiger partial charge in [0.05, 0.1) is 23.8 Å². The van der Waals surface area contributed by atoms with Crippen LogP contribution in [0.1, 0.15) is 15.9 Å². The van der Waals surface area contributed by atoms with Gasteiger partial charge in [-0.1, -0.05) is 24.3 Å². The van der Waals surface area contributed by atoms with Crippen molar-refractivity contribution in [3.05, 3.63) is 59.7 Å². The topological polar surface area (TPSA) is 75.7 Å². The van der Waals surface area contributed by atoms with Crippen molar-refractivity contribution in [2.24, 2.45) is 0 Å². The first-order valence-electron chi connectivity index (χ1n) is 8.03. The van der Waals surface area contributed by atoms with E-state index in [0.29, 0.717) is 37.6 Å². The molecule has 2 aromatic rings. The number of carbonyl (C=O) groups excluding carboxylic acids is 1. The highest BCUT2D eigenvalue weighted by Gasteiger charge is 2.21. The number of hydrogen-bond donors (Lipinski definition) is 1. The van der Waals surface area contributed by atoms with E-state index in [1.165, 1.54) is 12.1 Å². The lowest BCUT2D eigenvalue weighted by Gasteiger charge is -2.27. The fourth-order valence-electron chi connectivity index (χ4n) is 2.64. The Morgan fingerprint density at radius 3 is 2.52 bits per heavy atom. The summed E-state index contributed by atoms with van der Waals surface area (Å²) < 4.78 is 33.1. The molecule has 7 heteroatoms. The van der Waals surface area contributed by atoms with Crippen molar-refractivity contribution in [2.45, 2.75) is 11.8 Å². The zero-order valence-electron chi connectivity index (χ0n) is 13.9. The number of amides is 1. The third kappa shape index (κ3) is 4.00. The number of sulfonamides is 1. The predicted octanol–water partition coefficient (Wildman–Crippen LogP) is 2.27. The SMILES string of the molecule is Cc1ccccc1NS(=O)(=O)c1cccc(C(=O)N2CCOCC2)c1.